The number of benzene rings is 2. The molecule has 0 saturated heterocycles. The maximum atomic E-state index is 11.7. The average Bonchev–Trinajstić information content (AvgIpc) is 2.59. The monoisotopic (exact) mass is 299 g/mol. The van der Waals surface area contributed by atoms with Gasteiger partial charge in [-0.2, -0.15) is 0 Å². The van der Waals surface area contributed by atoms with Crippen molar-refractivity contribution in [2.24, 2.45) is 0 Å². The molecule has 0 fully saturated rings. The number of hydrogen-bond donors (Lipinski definition) is 2. The fourth-order valence-electron chi connectivity index (χ4n) is 2.39. The van der Waals surface area contributed by atoms with E-state index in [-0.39, 0.29) is 6.04 Å². The molecule has 0 amide bonds. The van der Waals surface area contributed by atoms with Crippen LogP contribution in [0.4, 0.5) is 0 Å². The number of methoxy groups -OCH3 is 1. The van der Waals surface area contributed by atoms with Gasteiger partial charge in [0, 0.05) is 6.04 Å². The maximum Gasteiger partial charge on any atom is 0.336 e. The molecule has 0 radical (unpaired) electrons. The van der Waals surface area contributed by atoms with Gasteiger partial charge in [0.15, 0.2) is 6.10 Å². The first-order valence-corrected chi connectivity index (χ1v) is 7.25. The van der Waals surface area contributed by atoms with Crippen LogP contribution in [0.15, 0.2) is 60.7 Å². The van der Waals surface area contributed by atoms with Gasteiger partial charge < -0.3 is 15.2 Å². The van der Waals surface area contributed by atoms with Gasteiger partial charge in [-0.1, -0.05) is 60.7 Å². The van der Waals surface area contributed by atoms with Crippen molar-refractivity contribution in [3.05, 3.63) is 71.8 Å². The van der Waals surface area contributed by atoms with Crippen molar-refractivity contribution in [1.29, 1.82) is 0 Å². The third-order valence-electron chi connectivity index (χ3n) is 3.65. The van der Waals surface area contributed by atoms with E-state index in [1.165, 1.54) is 7.11 Å². The summed E-state index contributed by atoms with van der Waals surface area (Å²) in [5.41, 5.74) is 1.92. The summed E-state index contributed by atoms with van der Waals surface area (Å²) >= 11 is 0. The number of aliphatic hydroxyl groups excluding tert-OH is 1. The predicted octanol–water partition coefficient (Wildman–Crippen LogP) is 2.61. The molecule has 2 N–H and O–H groups in total. The summed E-state index contributed by atoms with van der Waals surface area (Å²) in [6, 6.07) is 18.7. The normalized spacial score (nSPS) is 14.9. The molecule has 0 saturated carbocycles. The summed E-state index contributed by atoms with van der Waals surface area (Å²) in [6.45, 7) is 2.00. The van der Waals surface area contributed by atoms with Crippen molar-refractivity contribution in [1.82, 2.24) is 5.32 Å². The summed E-state index contributed by atoms with van der Waals surface area (Å²) < 4.78 is 4.67. The first-order chi connectivity index (χ1) is 10.6. The quantitative estimate of drug-likeness (QED) is 0.805. The second-order valence-corrected chi connectivity index (χ2v) is 5.16. The molecule has 3 atom stereocenters. The topological polar surface area (TPSA) is 58.6 Å². The Kier molecular flexibility index (Phi) is 5.69. The fraction of sp³-hybridized carbons (Fsp3) is 0.278. The number of aliphatic hydroxyl groups is 1. The lowest BCUT2D eigenvalue weighted by molar-refractivity contribution is -0.152. The van der Waals surface area contributed by atoms with Gasteiger partial charge in [-0.15, -0.1) is 0 Å². The lowest BCUT2D eigenvalue weighted by atomic mass is 9.98. The molecule has 116 valence electrons. The van der Waals surface area contributed by atoms with E-state index < -0.39 is 18.1 Å². The van der Waals surface area contributed by atoms with Crippen LogP contribution >= 0.6 is 0 Å². The molecule has 2 aromatic rings. The minimum Gasteiger partial charge on any atom is -0.467 e. The highest BCUT2D eigenvalue weighted by atomic mass is 16.5. The van der Waals surface area contributed by atoms with Crippen molar-refractivity contribution >= 4 is 5.97 Å². The summed E-state index contributed by atoms with van der Waals surface area (Å²) in [5, 5.41) is 13.6. The van der Waals surface area contributed by atoms with E-state index in [1.807, 2.05) is 67.6 Å². The van der Waals surface area contributed by atoms with E-state index in [0.717, 1.165) is 11.1 Å². The number of nitrogens with one attached hydrogen (secondary N) is 1. The summed E-state index contributed by atoms with van der Waals surface area (Å²) in [6.07, 6.45) is -1.27. The smallest absolute Gasteiger partial charge is 0.336 e. The van der Waals surface area contributed by atoms with Crippen molar-refractivity contribution < 1.29 is 14.6 Å². The van der Waals surface area contributed by atoms with Crippen molar-refractivity contribution in [2.75, 3.05) is 7.11 Å². The Balaban J connectivity index is 2.23. The third-order valence-corrected chi connectivity index (χ3v) is 3.65. The van der Waals surface area contributed by atoms with Crippen LogP contribution in [0, 0.1) is 0 Å². The Morgan fingerprint density at radius 3 is 2.00 bits per heavy atom. The molecule has 4 heteroatoms. The van der Waals surface area contributed by atoms with E-state index in [0.29, 0.717) is 0 Å². The number of carbonyl (C=O) groups is 1. The Labute approximate surface area is 130 Å². The number of hydrogen-bond acceptors (Lipinski definition) is 4. The van der Waals surface area contributed by atoms with E-state index in [9.17, 15) is 9.90 Å². The highest BCUT2D eigenvalue weighted by Gasteiger charge is 2.29. The molecule has 0 spiro atoms. The molecule has 0 aliphatic carbocycles. The van der Waals surface area contributed by atoms with Gasteiger partial charge >= 0.3 is 5.97 Å². The number of esters is 1. The second kappa shape index (κ2) is 7.73. The number of rotatable bonds is 6. The minimum absolute atomic E-state index is 0.0225. The molecule has 22 heavy (non-hydrogen) atoms. The highest BCUT2D eigenvalue weighted by molar-refractivity contribution is 5.75. The molecular formula is C18H21NO3. The van der Waals surface area contributed by atoms with Crippen LogP contribution in [0.5, 0.6) is 0 Å². The zero-order chi connectivity index (χ0) is 15.9. The molecule has 0 heterocycles. The molecule has 0 aromatic heterocycles. The first kappa shape index (κ1) is 16.2. The van der Waals surface area contributed by atoms with Gasteiger partial charge in [-0.25, -0.2) is 4.79 Å². The number of carbonyl (C=O) groups excluding carboxylic acids is 1. The zero-order valence-electron chi connectivity index (χ0n) is 12.8. The standard InChI is InChI=1S/C18H21NO3/c1-13(14-9-5-3-6-10-14)19-16(17(20)18(21)22-2)15-11-7-4-8-12-15/h3-13,16-17,19-20H,1-2H3. The summed E-state index contributed by atoms with van der Waals surface area (Å²) in [5.74, 6) is -0.651. The zero-order valence-corrected chi connectivity index (χ0v) is 12.8. The molecule has 0 aliphatic heterocycles. The van der Waals surface area contributed by atoms with Crippen molar-refractivity contribution in [3.8, 4) is 0 Å². The minimum atomic E-state index is -1.27. The molecule has 3 unspecified atom stereocenters. The summed E-state index contributed by atoms with van der Waals surface area (Å²) in [7, 11) is 1.27. The molecule has 2 rings (SSSR count). The van der Waals surface area contributed by atoms with Crippen LogP contribution in [0.1, 0.15) is 30.1 Å². The van der Waals surface area contributed by atoms with Gasteiger partial charge in [0.05, 0.1) is 13.2 Å². The van der Waals surface area contributed by atoms with E-state index >= 15 is 0 Å². The molecule has 2 aromatic carbocycles. The summed E-state index contributed by atoms with van der Waals surface area (Å²) in [4.78, 5) is 11.7. The second-order valence-electron chi connectivity index (χ2n) is 5.16. The largest absolute Gasteiger partial charge is 0.467 e. The van der Waals surface area contributed by atoms with Gasteiger partial charge in [0.2, 0.25) is 0 Å². The molecular weight excluding hydrogens is 278 g/mol. The number of ether oxygens (including phenoxy) is 1. The van der Waals surface area contributed by atoms with Crippen LogP contribution in [0.2, 0.25) is 0 Å². The Bertz CT molecular complexity index is 586. The Hall–Kier alpha value is -2.17. The SMILES string of the molecule is COC(=O)C(O)C(NC(C)c1ccccc1)c1ccccc1. The van der Waals surface area contributed by atoms with Crippen LogP contribution in [-0.4, -0.2) is 24.3 Å². The molecule has 0 bridgehead atoms. The van der Waals surface area contributed by atoms with Crippen LogP contribution in [0.3, 0.4) is 0 Å². The first-order valence-electron chi connectivity index (χ1n) is 7.25. The molecule has 4 nitrogen and oxygen atoms in total. The third kappa shape index (κ3) is 3.93. The van der Waals surface area contributed by atoms with Crippen LogP contribution < -0.4 is 5.32 Å². The van der Waals surface area contributed by atoms with Gasteiger partial charge in [-0.3, -0.25) is 0 Å². The lowest BCUT2D eigenvalue weighted by Crippen LogP contribution is -2.39. The van der Waals surface area contributed by atoms with Crippen molar-refractivity contribution in [2.45, 2.75) is 25.1 Å². The molecule has 0 aliphatic rings. The van der Waals surface area contributed by atoms with Gasteiger partial charge in [0.1, 0.15) is 0 Å². The Morgan fingerprint density at radius 1 is 1.00 bits per heavy atom. The average molecular weight is 299 g/mol. The van der Waals surface area contributed by atoms with Crippen LogP contribution in [-0.2, 0) is 9.53 Å². The highest BCUT2D eigenvalue weighted by Crippen LogP contribution is 2.23. The van der Waals surface area contributed by atoms with Crippen LogP contribution in [0.25, 0.3) is 0 Å². The fourth-order valence-corrected chi connectivity index (χ4v) is 2.39. The maximum absolute atomic E-state index is 11.7. The van der Waals surface area contributed by atoms with E-state index in [2.05, 4.69) is 10.1 Å². The van der Waals surface area contributed by atoms with E-state index in [1.54, 1.807) is 0 Å². The van der Waals surface area contributed by atoms with Gasteiger partial charge in [-0.05, 0) is 18.1 Å². The van der Waals surface area contributed by atoms with Gasteiger partial charge in [0.25, 0.3) is 0 Å². The lowest BCUT2D eigenvalue weighted by Gasteiger charge is -2.27. The van der Waals surface area contributed by atoms with Crippen molar-refractivity contribution in [3.63, 3.8) is 0 Å². The Morgan fingerprint density at radius 2 is 1.50 bits per heavy atom. The predicted molar refractivity (Wildman–Crippen MR) is 85.2 cm³/mol. The van der Waals surface area contributed by atoms with E-state index in [4.69, 9.17) is 0 Å².